The van der Waals surface area contributed by atoms with Crippen LogP contribution in [-0.4, -0.2) is 32.4 Å². The molecular formula is C14H18N2O4S2. The number of nitrogens with one attached hydrogen (secondary N) is 1. The van der Waals surface area contributed by atoms with E-state index in [4.69, 9.17) is 9.47 Å². The van der Waals surface area contributed by atoms with Crippen molar-refractivity contribution in [2.24, 2.45) is 0 Å². The van der Waals surface area contributed by atoms with Crippen LogP contribution in [0.2, 0.25) is 0 Å². The quantitative estimate of drug-likeness (QED) is 0.797. The summed E-state index contributed by atoms with van der Waals surface area (Å²) in [7, 11) is -2.03. The predicted octanol–water partition coefficient (Wildman–Crippen LogP) is 2.50. The van der Waals surface area contributed by atoms with Gasteiger partial charge in [-0.2, -0.15) is 0 Å². The van der Waals surface area contributed by atoms with Crippen molar-refractivity contribution in [3.63, 3.8) is 0 Å². The number of sulfonamides is 1. The maximum absolute atomic E-state index is 12.1. The Morgan fingerprint density at radius 1 is 1.36 bits per heavy atom. The molecule has 1 aromatic heterocycles. The Balaban J connectivity index is 2.07. The lowest BCUT2D eigenvalue weighted by Gasteiger charge is -2.15. The fraction of sp³-hybridized carbons (Fsp3) is 0.357. The van der Waals surface area contributed by atoms with Gasteiger partial charge in [0.1, 0.15) is 12.4 Å². The topological polar surface area (TPSA) is 77.5 Å². The monoisotopic (exact) mass is 342 g/mol. The van der Waals surface area contributed by atoms with Gasteiger partial charge in [-0.3, -0.25) is 4.72 Å². The smallest absolute Gasteiger partial charge is 0.235 e. The molecule has 1 N–H and O–H groups in total. The molecule has 0 aliphatic heterocycles. The number of methoxy groups -OCH3 is 1. The molecule has 0 radical (unpaired) electrons. The summed E-state index contributed by atoms with van der Waals surface area (Å²) in [6.45, 7) is 1.99. The minimum Gasteiger partial charge on any atom is -0.485 e. The van der Waals surface area contributed by atoms with Crippen LogP contribution in [0.3, 0.4) is 0 Å². The number of nitrogens with zero attached hydrogens (tertiary/aromatic N) is 1. The molecule has 1 heterocycles. The van der Waals surface area contributed by atoms with Crippen LogP contribution in [0.15, 0.2) is 35.2 Å². The van der Waals surface area contributed by atoms with Crippen LogP contribution in [0, 0.1) is 0 Å². The first-order valence-corrected chi connectivity index (χ1v) is 9.22. The lowest BCUT2D eigenvalue weighted by atomic mass is 10.3. The van der Waals surface area contributed by atoms with Crippen molar-refractivity contribution in [1.29, 1.82) is 0 Å². The summed E-state index contributed by atoms with van der Waals surface area (Å²) in [6, 6.07) is 6.90. The van der Waals surface area contributed by atoms with Gasteiger partial charge in [-0.25, -0.2) is 13.4 Å². The van der Waals surface area contributed by atoms with Crippen molar-refractivity contribution in [2.75, 3.05) is 17.6 Å². The fourth-order valence-electron chi connectivity index (χ4n) is 1.72. The van der Waals surface area contributed by atoms with E-state index in [1.54, 1.807) is 36.7 Å². The van der Waals surface area contributed by atoms with E-state index in [1.807, 2.05) is 5.38 Å². The minimum atomic E-state index is -3.51. The van der Waals surface area contributed by atoms with Crippen molar-refractivity contribution in [3.05, 3.63) is 40.8 Å². The third-order valence-corrected chi connectivity index (χ3v) is 4.94. The highest BCUT2D eigenvalue weighted by Crippen LogP contribution is 2.26. The van der Waals surface area contributed by atoms with Gasteiger partial charge < -0.3 is 9.47 Å². The normalized spacial score (nSPS) is 12.8. The van der Waals surface area contributed by atoms with Gasteiger partial charge in [0.05, 0.1) is 28.7 Å². The predicted molar refractivity (Wildman–Crippen MR) is 86.8 cm³/mol. The number of hydrogen-bond acceptors (Lipinski definition) is 6. The highest BCUT2D eigenvalue weighted by molar-refractivity contribution is 7.92. The molecule has 0 unspecified atom stereocenters. The van der Waals surface area contributed by atoms with Crippen LogP contribution in [-0.2, 0) is 21.4 Å². The van der Waals surface area contributed by atoms with Crippen LogP contribution in [0.25, 0.3) is 0 Å². The number of aromatic nitrogens is 1. The minimum absolute atomic E-state index is 0.121. The standard InChI is InChI=1S/C14H18N2O4S2/c1-11(19-2)9-22(17,18)16-13-5-3-4-6-14(13)20-7-12-8-21-10-15-12/h3-6,8,10-11,16H,7,9H2,1-2H3/t11-/m0/s1. The molecule has 1 aromatic carbocycles. The van der Waals surface area contributed by atoms with E-state index in [1.165, 1.54) is 18.4 Å². The number of thiazole rings is 1. The van der Waals surface area contributed by atoms with Crippen molar-refractivity contribution >= 4 is 27.0 Å². The van der Waals surface area contributed by atoms with Gasteiger partial charge >= 0.3 is 0 Å². The summed E-state index contributed by atoms with van der Waals surface area (Å²) in [6.07, 6.45) is -0.388. The summed E-state index contributed by atoms with van der Waals surface area (Å²) in [5.74, 6) is 0.341. The SMILES string of the molecule is CO[C@@H](C)CS(=O)(=O)Nc1ccccc1OCc1cscn1. The largest absolute Gasteiger partial charge is 0.485 e. The van der Waals surface area contributed by atoms with Gasteiger partial charge in [-0.05, 0) is 19.1 Å². The van der Waals surface area contributed by atoms with E-state index in [9.17, 15) is 8.42 Å². The van der Waals surface area contributed by atoms with Crippen LogP contribution < -0.4 is 9.46 Å². The third-order valence-electron chi connectivity index (χ3n) is 2.87. The molecular weight excluding hydrogens is 324 g/mol. The molecule has 22 heavy (non-hydrogen) atoms. The number of ether oxygens (including phenoxy) is 2. The number of benzene rings is 1. The molecule has 2 rings (SSSR count). The maximum Gasteiger partial charge on any atom is 0.235 e. The van der Waals surface area contributed by atoms with E-state index < -0.39 is 10.0 Å². The molecule has 1 atom stereocenters. The third kappa shape index (κ3) is 4.97. The molecule has 6 nitrogen and oxygen atoms in total. The number of anilines is 1. The molecule has 0 aliphatic rings. The lowest BCUT2D eigenvalue weighted by molar-refractivity contribution is 0.136. The van der Waals surface area contributed by atoms with Crippen molar-refractivity contribution in [2.45, 2.75) is 19.6 Å². The highest BCUT2D eigenvalue weighted by Gasteiger charge is 2.17. The Morgan fingerprint density at radius 3 is 2.82 bits per heavy atom. The Bertz CT molecular complexity index is 687. The molecule has 0 spiro atoms. The molecule has 0 fully saturated rings. The zero-order valence-corrected chi connectivity index (χ0v) is 14.0. The molecule has 0 amide bonds. The van der Waals surface area contributed by atoms with Crippen molar-refractivity contribution in [1.82, 2.24) is 4.98 Å². The van der Waals surface area contributed by atoms with Crippen LogP contribution in [0.4, 0.5) is 5.69 Å². The average molecular weight is 342 g/mol. The molecule has 2 aromatic rings. The van der Waals surface area contributed by atoms with Crippen molar-refractivity contribution < 1.29 is 17.9 Å². The van der Waals surface area contributed by atoms with Gasteiger partial charge in [0.2, 0.25) is 10.0 Å². The highest BCUT2D eigenvalue weighted by atomic mass is 32.2. The Kier molecular flexibility index (Phi) is 5.76. The first-order chi connectivity index (χ1) is 10.5. The summed E-state index contributed by atoms with van der Waals surface area (Å²) < 4.78 is 37.4. The first-order valence-electron chi connectivity index (χ1n) is 6.62. The summed E-state index contributed by atoms with van der Waals surface area (Å²) in [5, 5.41) is 1.88. The van der Waals surface area contributed by atoms with E-state index >= 15 is 0 Å². The van der Waals surface area contributed by atoms with E-state index in [0.29, 0.717) is 11.4 Å². The van der Waals surface area contributed by atoms with Gasteiger partial charge in [0, 0.05) is 12.5 Å². The van der Waals surface area contributed by atoms with Crippen LogP contribution >= 0.6 is 11.3 Å². The Labute approximate surface area is 134 Å². The van der Waals surface area contributed by atoms with Crippen LogP contribution in [0.5, 0.6) is 5.75 Å². The molecule has 0 saturated carbocycles. The molecule has 0 bridgehead atoms. The van der Waals surface area contributed by atoms with Crippen LogP contribution in [0.1, 0.15) is 12.6 Å². The Hall–Kier alpha value is -1.64. The molecule has 0 saturated heterocycles. The number of hydrogen-bond donors (Lipinski definition) is 1. The van der Waals surface area contributed by atoms with E-state index in [0.717, 1.165) is 5.69 Å². The molecule has 8 heteroatoms. The maximum atomic E-state index is 12.1. The summed E-state index contributed by atoms with van der Waals surface area (Å²) in [5.41, 5.74) is 2.93. The second kappa shape index (κ2) is 7.57. The average Bonchev–Trinajstić information content (AvgIpc) is 2.98. The first kappa shape index (κ1) is 16.7. The van der Waals surface area contributed by atoms with Gasteiger partial charge in [0.15, 0.2) is 0 Å². The molecule has 120 valence electrons. The van der Waals surface area contributed by atoms with Gasteiger partial charge in [-0.15, -0.1) is 11.3 Å². The van der Waals surface area contributed by atoms with E-state index in [-0.39, 0.29) is 18.5 Å². The second-order valence-electron chi connectivity index (χ2n) is 4.69. The van der Waals surface area contributed by atoms with Gasteiger partial charge in [-0.1, -0.05) is 12.1 Å². The van der Waals surface area contributed by atoms with Crippen molar-refractivity contribution in [3.8, 4) is 5.75 Å². The fourth-order valence-corrected chi connectivity index (χ4v) is 3.61. The zero-order chi connectivity index (χ0) is 16.0. The summed E-state index contributed by atoms with van der Waals surface area (Å²) in [4.78, 5) is 4.12. The molecule has 0 aliphatic carbocycles. The lowest BCUT2D eigenvalue weighted by Crippen LogP contribution is -2.25. The second-order valence-corrected chi connectivity index (χ2v) is 7.18. The number of para-hydroxylation sites is 2. The van der Waals surface area contributed by atoms with Gasteiger partial charge in [0.25, 0.3) is 0 Å². The zero-order valence-electron chi connectivity index (χ0n) is 12.4. The Morgan fingerprint density at radius 2 is 2.14 bits per heavy atom. The number of rotatable bonds is 8. The van der Waals surface area contributed by atoms with E-state index in [2.05, 4.69) is 9.71 Å². The summed E-state index contributed by atoms with van der Waals surface area (Å²) >= 11 is 1.48.